The summed E-state index contributed by atoms with van der Waals surface area (Å²) < 4.78 is 0. The maximum Gasteiger partial charge on any atom is 0.193 e. The minimum absolute atomic E-state index is 0. The van der Waals surface area contributed by atoms with Gasteiger partial charge in [-0.2, -0.15) is 0 Å². The van der Waals surface area contributed by atoms with Crippen molar-refractivity contribution in [3.8, 4) is 0 Å². The first-order valence-electron chi connectivity index (χ1n) is 7.38. The van der Waals surface area contributed by atoms with Crippen molar-refractivity contribution in [3.63, 3.8) is 0 Å². The van der Waals surface area contributed by atoms with Gasteiger partial charge in [-0.1, -0.05) is 29.8 Å². The molecule has 112 valence electrons. The Kier molecular flexibility index (Phi) is 7.95. The predicted molar refractivity (Wildman–Crippen MR) is 97.1 cm³/mol. The van der Waals surface area contributed by atoms with Crippen molar-refractivity contribution in [3.05, 3.63) is 35.4 Å². The molecule has 1 aromatic carbocycles. The third-order valence-electron chi connectivity index (χ3n) is 3.49. The zero-order valence-electron chi connectivity index (χ0n) is 12.6. The molecule has 2 rings (SSSR count). The van der Waals surface area contributed by atoms with E-state index in [-0.39, 0.29) is 24.0 Å². The summed E-state index contributed by atoms with van der Waals surface area (Å²) in [5.74, 6) is 1.09. The minimum Gasteiger partial charge on any atom is -0.357 e. The Hall–Kier alpha value is -0.780. The zero-order chi connectivity index (χ0) is 13.5. The first-order valence-corrected chi connectivity index (χ1v) is 7.38. The van der Waals surface area contributed by atoms with Crippen molar-refractivity contribution in [2.45, 2.75) is 33.1 Å². The van der Waals surface area contributed by atoms with E-state index in [1.165, 1.54) is 24.0 Å². The highest BCUT2D eigenvalue weighted by atomic mass is 127. The second-order valence-electron chi connectivity index (χ2n) is 5.17. The van der Waals surface area contributed by atoms with Gasteiger partial charge in [0.1, 0.15) is 0 Å². The average Bonchev–Trinajstić information content (AvgIpc) is 2.91. The van der Waals surface area contributed by atoms with Gasteiger partial charge < -0.3 is 10.2 Å². The van der Waals surface area contributed by atoms with E-state index in [1.807, 2.05) is 0 Å². The average molecular weight is 387 g/mol. The molecule has 0 amide bonds. The molecule has 1 N–H and O–H groups in total. The number of aryl methyl sites for hydroxylation is 1. The monoisotopic (exact) mass is 387 g/mol. The number of benzene rings is 1. The molecule has 0 spiro atoms. The van der Waals surface area contributed by atoms with Gasteiger partial charge >= 0.3 is 0 Å². The van der Waals surface area contributed by atoms with E-state index in [2.05, 4.69) is 48.3 Å². The second kappa shape index (κ2) is 9.21. The van der Waals surface area contributed by atoms with Gasteiger partial charge in [0, 0.05) is 26.2 Å². The van der Waals surface area contributed by atoms with Gasteiger partial charge in [-0.15, -0.1) is 24.0 Å². The summed E-state index contributed by atoms with van der Waals surface area (Å²) in [4.78, 5) is 7.13. The summed E-state index contributed by atoms with van der Waals surface area (Å²) >= 11 is 0. The van der Waals surface area contributed by atoms with Crippen LogP contribution < -0.4 is 5.32 Å². The number of guanidine groups is 1. The molecule has 0 radical (unpaired) electrons. The smallest absolute Gasteiger partial charge is 0.193 e. The van der Waals surface area contributed by atoms with Crippen molar-refractivity contribution in [1.29, 1.82) is 0 Å². The number of rotatable bonds is 4. The fourth-order valence-electron chi connectivity index (χ4n) is 2.51. The summed E-state index contributed by atoms with van der Waals surface area (Å²) in [6.45, 7) is 8.38. The Morgan fingerprint density at radius 2 is 2.05 bits per heavy atom. The molecule has 1 heterocycles. The quantitative estimate of drug-likeness (QED) is 0.488. The molecule has 20 heavy (non-hydrogen) atoms. The Labute approximate surface area is 139 Å². The molecule has 1 saturated heterocycles. The number of aliphatic imine (C=N–C) groups is 1. The Balaban J connectivity index is 0.00000200. The Morgan fingerprint density at radius 3 is 2.70 bits per heavy atom. The van der Waals surface area contributed by atoms with Crippen LogP contribution >= 0.6 is 24.0 Å². The summed E-state index contributed by atoms with van der Waals surface area (Å²) in [6.07, 6.45) is 3.61. The first-order chi connectivity index (χ1) is 9.29. The molecular formula is C16H26IN3. The van der Waals surface area contributed by atoms with Crippen LogP contribution in [0.5, 0.6) is 0 Å². The molecule has 4 heteroatoms. The third kappa shape index (κ3) is 5.31. The van der Waals surface area contributed by atoms with Gasteiger partial charge in [0.25, 0.3) is 0 Å². The lowest BCUT2D eigenvalue weighted by Crippen LogP contribution is -2.39. The molecule has 0 unspecified atom stereocenters. The number of likely N-dealkylation sites (tertiary alicyclic amines) is 1. The topological polar surface area (TPSA) is 27.6 Å². The molecule has 3 nitrogen and oxygen atoms in total. The SMILES string of the molecule is CCNC(=NCCc1cccc(C)c1)N1CCCC1.I. The maximum absolute atomic E-state index is 4.75. The van der Waals surface area contributed by atoms with Crippen LogP contribution in [0.15, 0.2) is 29.3 Å². The van der Waals surface area contributed by atoms with Crippen molar-refractivity contribution in [2.75, 3.05) is 26.2 Å². The highest BCUT2D eigenvalue weighted by Gasteiger charge is 2.14. The van der Waals surface area contributed by atoms with Crippen LogP contribution in [0.25, 0.3) is 0 Å². The molecular weight excluding hydrogens is 361 g/mol. The molecule has 1 aliphatic heterocycles. The number of halogens is 1. The van der Waals surface area contributed by atoms with Crippen molar-refractivity contribution in [1.82, 2.24) is 10.2 Å². The van der Waals surface area contributed by atoms with E-state index in [9.17, 15) is 0 Å². The van der Waals surface area contributed by atoms with Crippen LogP contribution in [-0.4, -0.2) is 37.0 Å². The van der Waals surface area contributed by atoms with Gasteiger partial charge in [-0.05, 0) is 38.7 Å². The van der Waals surface area contributed by atoms with Crippen LogP contribution in [0, 0.1) is 6.92 Å². The largest absolute Gasteiger partial charge is 0.357 e. The molecule has 1 aliphatic rings. The molecule has 1 fully saturated rings. The highest BCUT2D eigenvalue weighted by molar-refractivity contribution is 14.0. The van der Waals surface area contributed by atoms with E-state index in [0.717, 1.165) is 38.6 Å². The van der Waals surface area contributed by atoms with Crippen molar-refractivity contribution >= 4 is 29.9 Å². The van der Waals surface area contributed by atoms with E-state index in [4.69, 9.17) is 4.99 Å². The van der Waals surface area contributed by atoms with Crippen LogP contribution in [0.2, 0.25) is 0 Å². The summed E-state index contributed by atoms with van der Waals surface area (Å²) in [7, 11) is 0. The van der Waals surface area contributed by atoms with Gasteiger partial charge in [0.05, 0.1) is 0 Å². The van der Waals surface area contributed by atoms with E-state index < -0.39 is 0 Å². The third-order valence-corrected chi connectivity index (χ3v) is 3.49. The summed E-state index contributed by atoms with van der Waals surface area (Å²) in [5, 5.41) is 3.40. The molecule has 0 aromatic heterocycles. The Bertz CT molecular complexity index is 425. The van der Waals surface area contributed by atoms with Crippen LogP contribution in [0.4, 0.5) is 0 Å². The number of nitrogens with zero attached hydrogens (tertiary/aromatic N) is 2. The van der Waals surface area contributed by atoms with Gasteiger partial charge in [0.2, 0.25) is 0 Å². The lowest BCUT2D eigenvalue weighted by molar-refractivity contribution is 0.494. The first kappa shape index (κ1) is 17.3. The highest BCUT2D eigenvalue weighted by Crippen LogP contribution is 2.08. The van der Waals surface area contributed by atoms with Crippen molar-refractivity contribution < 1.29 is 0 Å². The fourth-order valence-corrected chi connectivity index (χ4v) is 2.51. The summed E-state index contributed by atoms with van der Waals surface area (Å²) in [5.41, 5.74) is 2.70. The molecule has 0 aliphatic carbocycles. The van der Waals surface area contributed by atoms with Gasteiger partial charge in [0.15, 0.2) is 5.96 Å². The van der Waals surface area contributed by atoms with Crippen LogP contribution in [0.3, 0.4) is 0 Å². The molecule has 0 saturated carbocycles. The number of hydrogen-bond acceptors (Lipinski definition) is 1. The predicted octanol–water partition coefficient (Wildman–Crippen LogP) is 3.22. The second-order valence-corrected chi connectivity index (χ2v) is 5.17. The Morgan fingerprint density at radius 1 is 1.30 bits per heavy atom. The van der Waals surface area contributed by atoms with E-state index in [1.54, 1.807) is 0 Å². The molecule has 0 bridgehead atoms. The van der Waals surface area contributed by atoms with Gasteiger partial charge in [-0.25, -0.2) is 0 Å². The number of nitrogens with one attached hydrogen (secondary N) is 1. The standard InChI is InChI=1S/C16H25N3.HI/c1-3-17-16(19-11-4-5-12-19)18-10-9-15-8-6-7-14(2)13-15;/h6-8,13H,3-5,9-12H2,1-2H3,(H,17,18);1H. The zero-order valence-corrected chi connectivity index (χ0v) is 14.9. The van der Waals surface area contributed by atoms with Crippen LogP contribution in [-0.2, 0) is 6.42 Å². The molecule has 1 aromatic rings. The lowest BCUT2D eigenvalue weighted by Gasteiger charge is -2.20. The lowest BCUT2D eigenvalue weighted by atomic mass is 10.1. The summed E-state index contributed by atoms with van der Waals surface area (Å²) in [6, 6.07) is 8.70. The maximum atomic E-state index is 4.75. The minimum atomic E-state index is 0. The van der Waals surface area contributed by atoms with Gasteiger partial charge in [-0.3, -0.25) is 4.99 Å². The number of hydrogen-bond donors (Lipinski definition) is 1. The van der Waals surface area contributed by atoms with Crippen LogP contribution in [0.1, 0.15) is 30.9 Å². The molecule has 0 atom stereocenters. The fraction of sp³-hybridized carbons (Fsp3) is 0.562. The van der Waals surface area contributed by atoms with E-state index >= 15 is 0 Å². The van der Waals surface area contributed by atoms with Crippen molar-refractivity contribution in [2.24, 2.45) is 4.99 Å². The van der Waals surface area contributed by atoms with E-state index in [0.29, 0.717) is 0 Å². The normalized spacial score (nSPS) is 15.1.